The molecule has 0 radical (unpaired) electrons. The maximum atomic E-state index is 10.7. The van der Waals surface area contributed by atoms with E-state index in [0.717, 1.165) is 17.1 Å². The van der Waals surface area contributed by atoms with Gasteiger partial charge in [0.25, 0.3) is 0 Å². The van der Waals surface area contributed by atoms with Crippen molar-refractivity contribution in [2.24, 2.45) is 11.8 Å². The molecule has 0 bridgehead atoms. The van der Waals surface area contributed by atoms with Gasteiger partial charge in [-0.25, -0.2) is 0 Å². The molecule has 52 valence electrons. The molecule has 0 saturated heterocycles. The summed E-state index contributed by atoms with van der Waals surface area (Å²) in [6, 6.07) is 0.306. The Balaban J connectivity index is 2.42. The summed E-state index contributed by atoms with van der Waals surface area (Å²) in [7, 11) is 1.62. The van der Waals surface area contributed by atoms with Gasteiger partial charge >= 0.3 is 0 Å². The van der Waals surface area contributed by atoms with Crippen LogP contribution in [-0.4, -0.2) is 17.8 Å². The van der Waals surface area contributed by atoms with Crippen molar-refractivity contribution in [1.82, 2.24) is 0 Å². The lowest BCUT2D eigenvalue weighted by atomic mass is 9.71. The summed E-state index contributed by atoms with van der Waals surface area (Å²) in [6.07, 6.45) is 1.08. The van der Waals surface area contributed by atoms with Crippen LogP contribution in [0.3, 0.4) is 0 Å². The van der Waals surface area contributed by atoms with Gasteiger partial charge in [-0.2, -0.15) is 0 Å². The van der Waals surface area contributed by atoms with Crippen molar-refractivity contribution in [1.29, 1.82) is 0 Å². The van der Waals surface area contributed by atoms with E-state index in [4.69, 9.17) is 0 Å². The molecule has 0 spiro atoms. The lowest BCUT2D eigenvalue weighted by Gasteiger charge is -2.33. The molecular weight excluding hydrogens is 114 g/mol. The highest BCUT2D eigenvalue weighted by Gasteiger charge is 2.43. The quantitative estimate of drug-likeness (QED) is 0.489. The molecule has 2 heteroatoms. The number of nitrogens with zero attached hydrogens (tertiary/aromatic N) is 1. The lowest BCUT2D eigenvalue weighted by Crippen LogP contribution is -2.43. The fourth-order valence-corrected chi connectivity index (χ4v) is 1.47. The third kappa shape index (κ3) is 0.979. The summed E-state index contributed by atoms with van der Waals surface area (Å²) in [4.78, 5) is 10.7. The Kier molecular flexibility index (Phi) is 1.56. The summed E-state index contributed by atoms with van der Waals surface area (Å²) >= 11 is 0. The van der Waals surface area contributed by atoms with Crippen LogP contribution in [0.2, 0.25) is 0 Å². The monoisotopic (exact) mass is 128 g/mol. The first-order chi connectivity index (χ1) is 4.13. The van der Waals surface area contributed by atoms with E-state index < -0.39 is 0 Å². The highest BCUT2D eigenvalue weighted by molar-refractivity contribution is 4.82. The molecule has 0 aromatic carbocycles. The zero-order chi connectivity index (χ0) is 7.02. The predicted octanol–water partition coefficient (Wildman–Crippen LogP) is 1.44. The second-order valence-corrected chi connectivity index (χ2v) is 3.19. The molecule has 0 heterocycles. The smallest absolute Gasteiger partial charge is 0.0617 e. The summed E-state index contributed by atoms with van der Waals surface area (Å²) < 4.78 is 1.09. The van der Waals surface area contributed by atoms with E-state index in [1.165, 1.54) is 0 Å². The second-order valence-electron chi connectivity index (χ2n) is 3.19. The molecule has 9 heavy (non-hydrogen) atoms. The van der Waals surface area contributed by atoms with E-state index in [0.29, 0.717) is 12.0 Å². The van der Waals surface area contributed by atoms with Gasteiger partial charge in [0.05, 0.1) is 0 Å². The van der Waals surface area contributed by atoms with Crippen molar-refractivity contribution in [3.8, 4) is 0 Å². The zero-order valence-corrected chi connectivity index (χ0v) is 6.29. The average molecular weight is 128 g/mol. The van der Waals surface area contributed by atoms with Crippen molar-refractivity contribution < 1.29 is 4.76 Å². The number of rotatable bonds is 1. The van der Waals surface area contributed by atoms with Crippen LogP contribution in [0.5, 0.6) is 0 Å². The zero-order valence-electron chi connectivity index (χ0n) is 6.29. The van der Waals surface area contributed by atoms with Gasteiger partial charge in [-0.15, -0.1) is 0 Å². The van der Waals surface area contributed by atoms with Crippen LogP contribution >= 0.6 is 0 Å². The maximum absolute atomic E-state index is 10.7. The van der Waals surface area contributed by atoms with Gasteiger partial charge in [0.2, 0.25) is 6.04 Å². The summed E-state index contributed by atoms with van der Waals surface area (Å²) in [5.41, 5.74) is 0. The Morgan fingerprint density at radius 3 is 2.11 bits per heavy atom. The Hall–Kier alpha value is -0.400. The molecule has 3 atom stereocenters. The Morgan fingerprint density at radius 2 is 2.00 bits per heavy atom. The van der Waals surface area contributed by atoms with Crippen LogP contribution in [0, 0.1) is 16.7 Å². The van der Waals surface area contributed by atoms with E-state index in [9.17, 15) is 4.91 Å². The van der Waals surface area contributed by atoms with E-state index >= 15 is 0 Å². The van der Waals surface area contributed by atoms with Crippen molar-refractivity contribution in [2.45, 2.75) is 26.3 Å². The SMILES string of the molecule is CC1CC([N+](C)=O)C1C. The molecule has 1 rings (SSSR count). The van der Waals surface area contributed by atoms with Crippen LogP contribution in [0.1, 0.15) is 20.3 Å². The molecule has 1 saturated carbocycles. The normalized spacial score (nSPS) is 41.9. The second kappa shape index (κ2) is 2.09. The van der Waals surface area contributed by atoms with Gasteiger partial charge in [-0.3, -0.25) is 0 Å². The van der Waals surface area contributed by atoms with Crippen LogP contribution in [0.25, 0.3) is 0 Å². The van der Waals surface area contributed by atoms with Crippen molar-refractivity contribution in [2.75, 3.05) is 7.05 Å². The predicted molar refractivity (Wildman–Crippen MR) is 36.3 cm³/mol. The minimum absolute atomic E-state index is 0.306. The van der Waals surface area contributed by atoms with E-state index in [2.05, 4.69) is 13.8 Å². The van der Waals surface area contributed by atoms with Gasteiger partial charge in [0, 0.05) is 17.2 Å². The molecule has 1 aliphatic carbocycles. The first-order valence-corrected chi connectivity index (χ1v) is 3.53. The Morgan fingerprint density at radius 1 is 1.44 bits per heavy atom. The van der Waals surface area contributed by atoms with Crippen molar-refractivity contribution in [3.63, 3.8) is 0 Å². The van der Waals surface area contributed by atoms with Gasteiger partial charge in [-0.1, -0.05) is 13.8 Å². The van der Waals surface area contributed by atoms with E-state index in [1.807, 2.05) is 0 Å². The average Bonchev–Trinajstić information content (AvgIpc) is 1.81. The molecule has 0 aliphatic heterocycles. The van der Waals surface area contributed by atoms with Gasteiger partial charge in [0.15, 0.2) is 7.05 Å². The third-order valence-corrected chi connectivity index (χ3v) is 2.58. The molecule has 3 unspecified atom stereocenters. The van der Waals surface area contributed by atoms with E-state index in [-0.39, 0.29) is 0 Å². The van der Waals surface area contributed by atoms with Gasteiger partial charge in [0.1, 0.15) is 0 Å². The maximum Gasteiger partial charge on any atom is 0.204 e. The standard InChI is InChI=1S/C7H14NO/c1-5-4-7(6(5)2)8(3)9/h5-7H,4H2,1-3H3/q+1. The summed E-state index contributed by atoms with van der Waals surface area (Å²) in [6.45, 7) is 4.35. The fourth-order valence-electron chi connectivity index (χ4n) is 1.47. The summed E-state index contributed by atoms with van der Waals surface area (Å²) in [5.74, 6) is 1.36. The molecular formula is C7H14NO+. The molecule has 0 aromatic heterocycles. The summed E-state index contributed by atoms with van der Waals surface area (Å²) in [5, 5.41) is 0. The lowest BCUT2D eigenvalue weighted by molar-refractivity contribution is -0.585. The minimum Gasteiger partial charge on any atom is -0.0617 e. The van der Waals surface area contributed by atoms with Crippen LogP contribution in [-0.2, 0) is 0 Å². The number of nitroso groups, excluding NO2 is 1. The van der Waals surface area contributed by atoms with Gasteiger partial charge in [-0.05, 0) is 10.7 Å². The molecule has 1 aliphatic rings. The first-order valence-electron chi connectivity index (χ1n) is 3.53. The van der Waals surface area contributed by atoms with Crippen LogP contribution < -0.4 is 0 Å². The minimum atomic E-state index is 0.306. The molecule has 0 aromatic rings. The van der Waals surface area contributed by atoms with Crippen molar-refractivity contribution in [3.05, 3.63) is 4.91 Å². The topological polar surface area (TPSA) is 20.1 Å². The number of hydrogen-bond donors (Lipinski definition) is 0. The first kappa shape index (κ1) is 6.72. The van der Waals surface area contributed by atoms with Crippen molar-refractivity contribution >= 4 is 0 Å². The highest BCUT2D eigenvalue weighted by Crippen LogP contribution is 2.34. The number of hydrogen-bond acceptors (Lipinski definition) is 1. The Labute approximate surface area is 55.8 Å². The van der Waals surface area contributed by atoms with Gasteiger partial charge < -0.3 is 0 Å². The third-order valence-electron chi connectivity index (χ3n) is 2.58. The van der Waals surface area contributed by atoms with Crippen LogP contribution in [0.15, 0.2) is 0 Å². The molecule has 1 fully saturated rings. The molecule has 0 amide bonds. The van der Waals surface area contributed by atoms with Crippen LogP contribution in [0.4, 0.5) is 0 Å². The highest BCUT2D eigenvalue weighted by atomic mass is 16.3. The molecule has 0 N–H and O–H groups in total. The fraction of sp³-hybridized carbons (Fsp3) is 1.00. The Bertz CT molecular complexity index is 133. The molecule has 2 nitrogen and oxygen atoms in total. The largest absolute Gasteiger partial charge is 0.204 e. The van der Waals surface area contributed by atoms with E-state index in [1.54, 1.807) is 7.05 Å².